The van der Waals surface area contributed by atoms with E-state index >= 15 is 0 Å². The molecule has 2 saturated carbocycles. The van der Waals surface area contributed by atoms with E-state index in [-0.39, 0.29) is 41.2 Å². The molecule has 3 amide bonds. The van der Waals surface area contributed by atoms with Crippen molar-refractivity contribution in [2.24, 2.45) is 23.7 Å². The van der Waals surface area contributed by atoms with E-state index in [1.54, 1.807) is 0 Å². The maximum absolute atomic E-state index is 12.7. The lowest BCUT2D eigenvalue weighted by molar-refractivity contribution is -0.143. The first-order valence-electron chi connectivity index (χ1n) is 8.58. The van der Waals surface area contributed by atoms with Crippen LogP contribution in [0.15, 0.2) is 24.3 Å². The van der Waals surface area contributed by atoms with Crippen molar-refractivity contribution in [1.82, 2.24) is 4.90 Å². The van der Waals surface area contributed by atoms with Crippen LogP contribution in [0.2, 0.25) is 0 Å². The molecular formula is C18H17F3N2O3. The van der Waals surface area contributed by atoms with Gasteiger partial charge in [0.1, 0.15) is 6.54 Å². The van der Waals surface area contributed by atoms with E-state index in [1.807, 2.05) is 0 Å². The highest BCUT2D eigenvalue weighted by atomic mass is 19.4. The summed E-state index contributed by atoms with van der Waals surface area (Å²) in [6, 6.07) is 4.24. The number of anilines is 1. The van der Waals surface area contributed by atoms with E-state index in [0.717, 1.165) is 36.3 Å². The Hall–Kier alpha value is -2.38. The number of hydrogen-bond acceptors (Lipinski definition) is 3. The van der Waals surface area contributed by atoms with E-state index in [4.69, 9.17) is 0 Å². The number of alkyl halides is 3. The Morgan fingerprint density at radius 3 is 2.31 bits per heavy atom. The summed E-state index contributed by atoms with van der Waals surface area (Å²) in [5.74, 6) is -1.50. The summed E-state index contributed by atoms with van der Waals surface area (Å²) in [6.07, 6.45) is -1.74. The van der Waals surface area contributed by atoms with Gasteiger partial charge in [0.15, 0.2) is 0 Å². The van der Waals surface area contributed by atoms with Gasteiger partial charge in [-0.3, -0.25) is 19.3 Å². The van der Waals surface area contributed by atoms with Crippen LogP contribution in [0.4, 0.5) is 18.9 Å². The highest BCUT2D eigenvalue weighted by molar-refractivity contribution is 6.09. The molecule has 0 unspecified atom stereocenters. The number of carbonyl (C=O) groups excluding carboxylic acids is 3. The maximum atomic E-state index is 12.7. The largest absolute Gasteiger partial charge is 0.416 e. The van der Waals surface area contributed by atoms with Gasteiger partial charge in [-0.2, -0.15) is 13.2 Å². The van der Waals surface area contributed by atoms with Crippen LogP contribution >= 0.6 is 0 Å². The van der Waals surface area contributed by atoms with Crippen LogP contribution in [0.25, 0.3) is 0 Å². The van der Waals surface area contributed by atoms with Gasteiger partial charge in [-0.05, 0) is 49.3 Å². The van der Waals surface area contributed by atoms with Gasteiger partial charge in [0.2, 0.25) is 17.7 Å². The van der Waals surface area contributed by atoms with E-state index in [0.29, 0.717) is 0 Å². The third-order valence-corrected chi connectivity index (χ3v) is 5.79. The Balaban J connectivity index is 1.44. The molecule has 1 saturated heterocycles. The number of carbonyl (C=O) groups is 3. The van der Waals surface area contributed by atoms with Crippen LogP contribution in [0.5, 0.6) is 0 Å². The molecule has 3 aliphatic rings. The van der Waals surface area contributed by atoms with E-state index < -0.39 is 24.2 Å². The summed E-state index contributed by atoms with van der Waals surface area (Å²) in [6.45, 7) is -0.458. The zero-order valence-electron chi connectivity index (χ0n) is 13.8. The van der Waals surface area contributed by atoms with Crippen molar-refractivity contribution in [3.8, 4) is 0 Å². The number of imide groups is 1. The monoisotopic (exact) mass is 366 g/mol. The molecular weight excluding hydrogens is 349 g/mol. The zero-order chi connectivity index (χ0) is 18.6. The Labute approximate surface area is 147 Å². The van der Waals surface area contributed by atoms with Crippen molar-refractivity contribution < 1.29 is 27.6 Å². The second-order valence-corrected chi connectivity index (χ2v) is 7.27. The molecule has 2 aliphatic carbocycles. The van der Waals surface area contributed by atoms with Crippen LogP contribution < -0.4 is 5.32 Å². The van der Waals surface area contributed by atoms with Gasteiger partial charge in [-0.25, -0.2) is 0 Å². The second-order valence-electron chi connectivity index (χ2n) is 7.27. The molecule has 0 spiro atoms. The summed E-state index contributed by atoms with van der Waals surface area (Å²) >= 11 is 0. The molecule has 1 N–H and O–H groups in total. The number of halogens is 3. The molecule has 26 heavy (non-hydrogen) atoms. The fourth-order valence-corrected chi connectivity index (χ4v) is 4.74. The van der Waals surface area contributed by atoms with Gasteiger partial charge in [0.05, 0.1) is 17.4 Å². The molecule has 3 fully saturated rings. The van der Waals surface area contributed by atoms with Crippen molar-refractivity contribution in [3.05, 3.63) is 29.8 Å². The predicted molar refractivity (Wildman–Crippen MR) is 84.6 cm³/mol. The van der Waals surface area contributed by atoms with Crippen molar-refractivity contribution in [1.29, 1.82) is 0 Å². The Morgan fingerprint density at radius 2 is 1.73 bits per heavy atom. The molecule has 1 aliphatic heterocycles. The maximum Gasteiger partial charge on any atom is 0.416 e. The highest BCUT2D eigenvalue weighted by Crippen LogP contribution is 2.56. The van der Waals surface area contributed by atoms with Gasteiger partial charge >= 0.3 is 6.18 Å². The Kier molecular flexibility index (Phi) is 3.82. The molecule has 8 heteroatoms. The fraction of sp³-hybridized carbons (Fsp3) is 0.500. The first-order valence-corrected chi connectivity index (χ1v) is 8.58. The Morgan fingerprint density at radius 1 is 1.12 bits per heavy atom. The van der Waals surface area contributed by atoms with Gasteiger partial charge in [0.25, 0.3) is 0 Å². The standard InChI is InChI=1S/C18H17F3N2O3/c19-18(20,21)11-2-1-3-12(7-11)22-13(24)8-23-16(25)14-9-4-5-10(6-9)15(14)17(23)26/h1-3,7,9-10,14-15H,4-6,8H2,(H,22,24)/t9-,10-,14+,15+/m0/s1. The van der Waals surface area contributed by atoms with Crippen LogP contribution in [-0.4, -0.2) is 29.2 Å². The lowest BCUT2D eigenvalue weighted by Crippen LogP contribution is -2.39. The van der Waals surface area contributed by atoms with Gasteiger partial charge in [0, 0.05) is 5.69 Å². The smallest absolute Gasteiger partial charge is 0.325 e. The molecule has 2 bridgehead atoms. The lowest BCUT2D eigenvalue weighted by Gasteiger charge is -2.19. The summed E-state index contributed by atoms with van der Waals surface area (Å²) in [5.41, 5.74) is -0.904. The van der Waals surface area contributed by atoms with E-state index in [9.17, 15) is 27.6 Å². The summed E-state index contributed by atoms with van der Waals surface area (Å²) in [5, 5.41) is 2.34. The predicted octanol–water partition coefficient (Wildman–Crippen LogP) is 2.68. The van der Waals surface area contributed by atoms with Crippen LogP contribution in [0, 0.1) is 23.7 Å². The minimum Gasteiger partial charge on any atom is -0.325 e. The minimum absolute atomic E-state index is 0.0239. The van der Waals surface area contributed by atoms with E-state index in [1.165, 1.54) is 12.1 Å². The van der Waals surface area contributed by atoms with E-state index in [2.05, 4.69) is 5.32 Å². The average molecular weight is 366 g/mol. The number of rotatable bonds is 3. The van der Waals surface area contributed by atoms with Gasteiger partial charge < -0.3 is 5.32 Å². The minimum atomic E-state index is -4.52. The summed E-state index contributed by atoms with van der Waals surface area (Å²) in [7, 11) is 0. The third-order valence-electron chi connectivity index (χ3n) is 5.79. The number of amides is 3. The van der Waals surface area contributed by atoms with Crippen LogP contribution in [0.3, 0.4) is 0 Å². The number of nitrogens with zero attached hydrogens (tertiary/aromatic N) is 1. The molecule has 1 heterocycles. The second kappa shape index (κ2) is 5.82. The summed E-state index contributed by atoms with van der Waals surface area (Å²) in [4.78, 5) is 38.2. The molecule has 1 aromatic rings. The molecule has 4 rings (SSSR count). The highest BCUT2D eigenvalue weighted by Gasteiger charge is 2.60. The van der Waals surface area contributed by atoms with Crippen molar-refractivity contribution >= 4 is 23.4 Å². The van der Waals surface area contributed by atoms with Crippen molar-refractivity contribution in [2.75, 3.05) is 11.9 Å². The molecule has 5 nitrogen and oxygen atoms in total. The molecule has 0 aromatic heterocycles. The molecule has 1 aromatic carbocycles. The van der Waals surface area contributed by atoms with Gasteiger partial charge in [-0.15, -0.1) is 0 Å². The number of benzene rings is 1. The Bertz CT molecular complexity index is 764. The molecule has 138 valence electrons. The average Bonchev–Trinajstić information content (AvgIpc) is 3.24. The van der Waals surface area contributed by atoms with Crippen LogP contribution in [-0.2, 0) is 20.6 Å². The number of likely N-dealkylation sites (tertiary alicyclic amines) is 1. The molecule has 4 atom stereocenters. The first-order chi connectivity index (χ1) is 12.3. The lowest BCUT2D eigenvalue weighted by atomic mass is 9.81. The van der Waals surface area contributed by atoms with Gasteiger partial charge in [-0.1, -0.05) is 6.07 Å². The first kappa shape index (κ1) is 17.1. The number of fused-ring (bicyclic) bond motifs is 5. The normalized spacial score (nSPS) is 30.0. The SMILES string of the molecule is O=C(CN1C(=O)[C@@H]2[C@H]3CC[C@@H](C3)[C@H]2C1=O)Nc1cccc(C(F)(F)F)c1. The quantitative estimate of drug-likeness (QED) is 0.837. The topological polar surface area (TPSA) is 66.5 Å². The van der Waals surface area contributed by atoms with Crippen LogP contribution in [0.1, 0.15) is 24.8 Å². The number of nitrogens with one attached hydrogen (secondary N) is 1. The zero-order valence-corrected chi connectivity index (χ0v) is 13.8. The third kappa shape index (κ3) is 2.68. The number of hydrogen-bond donors (Lipinski definition) is 1. The molecule has 0 radical (unpaired) electrons. The fourth-order valence-electron chi connectivity index (χ4n) is 4.74. The van der Waals surface area contributed by atoms with Crippen molar-refractivity contribution in [3.63, 3.8) is 0 Å². The summed E-state index contributed by atoms with van der Waals surface area (Å²) < 4.78 is 38.2. The van der Waals surface area contributed by atoms with Crippen molar-refractivity contribution in [2.45, 2.75) is 25.4 Å².